The average Bonchev–Trinajstić information content (AvgIpc) is 2.68. The van der Waals surface area contributed by atoms with E-state index in [9.17, 15) is 13.2 Å². The van der Waals surface area contributed by atoms with Crippen LogP contribution in [-0.2, 0) is 28.9 Å². The number of hydrogen-bond donors (Lipinski definition) is 0. The molecule has 0 aromatic heterocycles. The molecule has 6 nitrogen and oxygen atoms in total. The van der Waals surface area contributed by atoms with E-state index < -0.39 is 22.4 Å². The van der Waals surface area contributed by atoms with Gasteiger partial charge in [-0.3, -0.25) is 0 Å². The second kappa shape index (κ2) is 13.5. The molecule has 0 saturated heterocycles. The smallest absolute Gasteiger partial charge is 0.335 e. The van der Waals surface area contributed by atoms with Crippen molar-refractivity contribution in [1.29, 1.82) is 0 Å². The van der Waals surface area contributed by atoms with Crippen LogP contribution in [0.4, 0.5) is 0 Å². The molecular weight excluding hydrogens is 380 g/mol. The molecule has 1 rings (SSSR count). The van der Waals surface area contributed by atoms with Crippen LogP contribution in [0.5, 0.6) is 0 Å². The first-order valence-electron chi connectivity index (χ1n) is 9.88. The van der Waals surface area contributed by atoms with Gasteiger partial charge in [0.25, 0.3) is 0 Å². The SMILES string of the molecule is C=C(C)C(=O)OC(CCCCCCCCCC)OOS(=O)(=O)c1ccccc1. The van der Waals surface area contributed by atoms with Crippen LogP contribution in [0.3, 0.4) is 0 Å². The molecule has 28 heavy (non-hydrogen) atoms. The van der Waals surface area contributed by atoms with Gasteiger partial charge in [0.1, 0.15) is 0 Å². The minimum absolute atomic E-state index is 0.0351. The second-order valence-electron chi connectivity index (χ2n) is 6.81. The molecule has 1 atom stereocenters. The highest BCUT2D eigenvalue weighted by Gasteiger charge is 2.22. The molecule has 1 aromatic rings. The number of carbonyl (C=O) groups is 1. The number of esters is 1. The van der Waals surface area contributed by atoms with Crippen molar-refractivity contribution in [2.75, 3.05) is 0 Å². The average molecular weight is 413 g/mol. The minimum atomic E-state index is -4.10. The summed E-state index contributed by atoms with van der Waals surface area (Å²) in [5, 5.41) is 0. The van der Waals surface area contributed by atoms with Gasteiger partial charge in [-0.2, -0.15) is 13.3 Å². The summed E-state index contributed by atoms with van der Waals surface area (Å²) < 4.78 is 34.1. The molecule has 0 fully saturated rings. The van der Waals surface area contributed by atoms with E-state index in [4.69, 9.17) is 9.62 Å². The number of benzene rings is 1. The summed E-state index contributed by atoms with van der Waals surface area (Å²) in [6.45, 7) is 7.22. The van der Waals surface area contributed by atoms with E-state index in [0.29, 0.717) is 6.42 Å². The number of rotatable bonds is 15. The Balaban J connectivity index is 2.48. The predicted octanol–water partition coefficient (Wildman–Crippen LogP) is 5.30. The van der Waals surface area contributed by atoms with Crippen LogP contribution in [0.25, 0.3) is 0 Å². The van der Waals surface area contributed by atoms with Crippen molar-refractivity contribution < 1.29 is 27.2 Å². The van der Waals surface area contributed by atoms with E-state index in [2.05, 4.69) is 17.8 Å². The Labute approximate surface area is 168 Å². The van der Waals surface area contributed by atoms with Gasteiger partial charge in [0.05, 0.1) is 4.90 Å². The molecule has 7 heteroatoms. The molecule has 0 spiro atoms. The van der Waals surface area contributed by atoms with Crippen molar-refractivity contribution in [3.8, 4) is 0 Å². The lowest BCUT2D eigenvalue weighted by Gasteiger charge is -2.17. The van der Waals surface area contributed by atoms with E-state index in [1.54, 1.807) is 18.2 Å². The Morgan fingerprint density at radius 3 is 2.14 bits per heavy atom. The number of ether oxygens (including phenoxy) is 1. The lowest BCUT2D eigenvalue weighted by Crippen LogP contribution is -2.24. The zero-order valence-corrected chi connectivity index (χ0v) is 17.7. The summed E-state index contributed by atoms with van der Waals surface area (Å²) in [5.41, 5.74) is 0.204. The van der Waals surface area contributed by atoms with Gasteiger partial charge >= 0.3 is 16.1 Å². The van der Waals surface area contributed by atoms with Crippen LogP contribution in [0.2, 0.25) is 0 Å². The van der Waals surface area contributed by atoms with Crippen molar-refractivity contribution in [2.45, 2.75) is 82.8 Å². The maximum Gasteiger partial charge on any atom is 0.335 e. The Bertz CT molecular complexity index is 684. The quantitative estimate of drug-likeness (QED) is 0.0971. The van der Waals surface area contributed by atoms with Gasteiger partial charge < -0.3 is 4.74 Å². The third-order valence-electron chi connectivity index (χ3n) is 4.15. The van der Waals surface area contributed by atoms with E-state index >= 15 is 0 Å². The first kappa shape index (κ1) is 24.3. The predicted molar refractivity (Wildman–Crippen MR) is 108 cm³/mol. The van der Waals surface area contributed by atoms with Crippen LogP contribution < -0.4 is 0 Å². The van der Waals surface area contributed by atoms with E-state index in [-0.39, 0.29) is 10.5 Å². The molecule has 0 heterocycles. The van der Waals surface area contributed by atoms with Crippen LogP contribution in [0, 0.1) is 0 Å². The summed E-state index contributed by atoms with van der Waals surface area (Å²) >= 11 is 0. The van der Waals surface area contributed by atoms with Gasteiger partial charge in [0, 0.05) is 12.0 Å². The number of carbonyl (C=O) groups excluding carboxylic acids is 1. The van der Waals surface area contributed by atoms with E-state index in [1.807, 2.05) is 0 Å². The van der Waals surface area contributed by atoms with Crippen LogP contribution in [0.15, 0.2) is 47.4 Å². The van der Waals surface area contributed by atoms with Crippen LogP contribution >= 0.6 is 0 Å². The normalized spacial score (nSPS) is 12.5. The van der Waals surface area contributed by atoms with Gasteiger partial charge in [0.2, 0.25) is 6.29 Å². The van der Waals surface area contributed by atoms with Crippen molar-refractivity contribution in [3.05, 3.63) is 42.5 Å². The maximum absolute atomic E-state index is 12.2. The molecule has 0 N–H and O–H groups in total. The highest BCUT2D eigenvalue weighted by molar-refractivity contribution is 7.86. The zero-order chi connectivity index (χ0) is 20.8. The minimum Gasteiger partial charge on any atom is -0.430 e. The number of unbranched alkanes of at least 4 members (excludes halogenated alkanes) is 7. The molecule has 0 bridgehead atoms. The molecule has 0 saturated carbocycles. The highest BCUT2D eigenvalue weighted by Crippen LogP contribution is 2.17. The van der Waals surface area contributed by atoms with Gasteiger partial charge in [-0.1, -0.05) is 81.0 Å². The van der Waals surface area contributed by atoms with Crippen molar-refractivity contribution in [1.82, 2.24) is 0 Å². The molecule has 0 radical (unpaired) electrons. The van der Waals surface area contributed by atoms with Gasteiger partial charge in [-0.25, -0.2) is 4.79 Å². The fourth-order valence-corrected chi connectivity index (χ4v) is 3.27. The van der Waals surface area contributed by atoms with E-state index in [1.165, 1.54) is 44.7 Å². The van der Waals surface area contributed by atoms with Gasteiger partial charge in [-0.05, 0) is 25.5 Å². The fourth-order valence-electron chi connectivity index (χ4n) is 2.51. The molecule has 0 aliphatic carbocycles. The summed E-state index contributed by atoms with van der Waals surface area (Å²) in [7, 11) is -4.10. The summed E-state index contributed by atoms with van der Waals surface area (Å²) in [5.74, 6) is -0.648. The summed E-state index contributed by atoms with van der Waals surface area (Å²) in [6, 6.07) is 7.64. The Morgan fingerprint density at radius 1 is 1.00 bits per heavy atom. The summed E-state index contributed by atoms with van der Waals surface area (Å²) in [4.78, 5) is 16.7. The largest absolute Gasteiger partial charge is 0.430 e. The molecule has 1 aromatic carbocycles. The van der Waals surface area contributed by atoms with Crippen molar-refractivity contribution >= 4 is 16.1 Å². The molecule has 0 aliphatic heterocycles. The topological polar surface area (TPSA) is 78.9 Å². The standard InChI is InChI=1S/C21H32O6S/c1-4-5-6-7-8-9-10-14-17-20(25-21(22)18(2)3)26-27-28(23,24)19-15-12-11-13-16-19/h11-13,15-16,20H,2,4-10,14,17H2,1,3H3. The Hall–Kier alpha value is -1.70. The highest BCUT2D eigenvalue weighted by atomic mass is 32.2. The first-order chi connectivity index (χ1) is 13.4. The van der Waals surface area contributed by atoms with Crippen molar-refractivity contribution in [2.24, 2.45) is 0 Å². The first-order valence-corrected chi connectivity index (χ1v) is 11.3. The molecule has 0 aliphatic rings. The van der Waals surface area contributed by atoms with Gasteiger partial charge in [0.15, 0.2) is 0 Å². The van der Waals surface area contributed by atoms with Crippen LogP contribution in [0.1, 0.15) is 71.6 Å². The lowest BCUT2D eigenvalue weighted by molar-refractivity contribution is -0.308. The van der Waals surface area contributed by atoms with E-state index in [0.717, 1.165) is 25.7 Å². The molecule has 0 amide bonds. The van der Waals surface area contributed by atoms with Crippen LogP contribution in [-0.4, -0.2) is 20.7 Å². The monoisotopic (exact) mass is 412 g/mol. The third-order valence-corrected chi connectivity index (χ3v) is 5.26. The Kier molecular flexibility index (Phi) is 11.7. The zero-order valence-electron chi connectivity index (χ0n) is 16.9. The number of hydrogen-bond acceptors (Lipinski definition) is 6. The second-order valence-corrected chi connectivity index (χ2v) is 8.33. The van der Waals surface area contributed by atoms with Gasteiger partial charge in [-0.15, -0.1) is 0 Å². The molecular formula is C21H32O6S. The maximum atomic E-state index is 12.2. The Morgan fingerprint density at radius 2 is 1.57 bits per heavy atom. The summed E-state index contributed by atoms with van der Waals surface area (Å²) in [6.07, 6.45) is 8.11. The third kappa shape index (κ3) is 10.0. The van der Waals surface area contributed by atoms with Crippen molar-refractivity contribution in [3.63, 3.8) is 0 Å². The molecule has 1 unspecified atom stereocenters. The molecule has 158 valence electrons. The lowest BCUT2D eigenvalue weighted by atomic mass is 10.1. The fraction of sp³-hybridized carbons (Fsp3) is 0.571.